The van der Waals surface area contributed by atoms with E-state index in [0.717, 1.165) is 70.6 Å². The van der Waals surface area contributed by atoms with Crippen LogP contribution in [0.5, 0.6) is 11.5 Å². The summed E-state index contributed by atoms with van der Waals surface area (Å²) in [4.78, 5) is 13.1. The summed E-state index contributed by atoms with van der Waals surface area (Å²) in [5.74, 6) is -0.0684. The molecule has 3 fully saturated rings. The van der Waals surface area contributed by atoms with Gasteiger partial charge < -0.3 is 14.2 Å². The number of rotatable bonds is 10. The minimum atomic E-state index is -0.994. The van der Waals surface area contributed by atoms with Crippen molar-refractivity contribution in [2.45, 2.75) is 103 Å². The van der Waals surface area contributed by atoms with E-state index in [4.69, 9.17) is 14.2 Å². The van der Waals surface area contributed by atoms with Crippen molar-refractivity contribution in [3.63, 3.8) is 0 Å². The molecule has 4 atom stereocenters. The topological polar surface area (TPSA) is 44.8 Å². The highest BCUT2D eigenvalue weighted by Gasteiger charge is 2.38. The predicted octanol–water partition coefficient (Wildman–Crippen LogP) is 8.80. The molecule has 0 spiro atoms. The van der Waals surface area contributed by atoms with Crippen molar-refractivity contribution in [2.24, 2.45) is 23.7 Å². The van der Waals surface area contributed by atoms with Crippen LogP contribution in [0.3, 0.4) is 0 Å². The van der Waals surface area contributed by atoms with E-state index >= 15 is 0 Å². The smallest absolute Gasteiger partial charge is 0.309 e. The van der Waals surface area contributed by atoms with Gasteiger partial charge in [0, 0.05) is 0 Å². The van der Waals surface area contributed by atoms with Crippen molar-refractivity contribution in [1.82, 2.24) is 0 Å². The zero-order valence-electron chi connectivity index (χ0n) is 24.7. The maximum Gasteiger partial charge on any atom is 0.309 e. The fourth-order valence-corrected chi connectivity index (χ4v) is 7.47. The van der Waals surface area contributed by atoms with Gasteiger partial charge in [0.15, 0.2) is 11.5 Å². The third-order valence-corrected chi connectivity index (χ3v) is 9.79. The quantitative estimate of drug-likeness (QED) is 0.269. The zero-order valence-corrected chi connectivity index (χ0v) is 24.7. The molecule has 0 amide bonds. The van der Waals surface area contributed by atoms with Gasteiger partial charge in [0.05, 0.1) is 19.1 Å². The summed E-state index contributed by atoms with van der Waals surface area (Å²) in [5.41, 5.74) is 2.81. The highest BCUT2D eigenvalue weighted by atomic mass is 19.2. The maximum atomic E-state index is 14.4. The summed E-state index contributed by atoms with van der Waals surface area (Å²) in [5, 5.41) is 0. The number of aryl methyl sites for hydroxylation is 1. The summed E-state index contributed by atoms with van der Waals surface area (Å²) < 4.78 is 45.5. The Hall–Kier alpha value is -2.63. The van der Waals surface area contributed by atoms with Gasteiger partial charge in [-0.25, -0.2) is 0 Å². The van der Waals surface area contributed by atoms with Gasteiger partial charge in [-0.15, -0.1) is 0 Å². The van der Waals surface area contributed by atoms with Crippen molar-refractivity contribution >= 4 is 5.97 Å². The van der Waals surface area contributed by atoms with E-state index in [1.165, 1.54) is 29.7 Å². The predicted molar refractivity (Wildman–Crippen MR) is 156 cm³/mol. The average molecular weight is 569 g/mol. The third-order valence-electron chi connectivity index (χ3n) is 9.79. The van der Waals surface area contributed by atoms with Crippen molar-refractivity contribution in [1.29, 1.82) is 0 Å². The van der Waals surface area contributed by atoms with Crippen LogP contribution in [-0.4, -0.2) is 25.3 Å². The lowest BCUT2D eigenvalue weighted by Gasteiger charge is -2.42. The van der Waals surface area contributed by atoms with Crippen LogP contribution in [-0.2, 0) is 16.0 Å². The summed E-state index contributed by atoms with van der Waals surface area (Å²) in [7, 11) is 0. The lowest BCUT2D eigenvalue weighted by molar-refractivity contribution is -0.159. The van der Waals surface area contributed by atoms with Gasteiger partial charge >= 0.3 is 5.97 Å². The number of esters is 1. The maximum absolute atomic E-state index is 14.4. The zero-order chi connectivity index (χ0) is 28.8. The monoisotopic (exact) mass is 568 g/mol. The van der Waals surface area contributed by atoms with Crippen LogP contribution in [0.4, 0.5) is 8.78 Å². The molecule has 0 aromatic heterocycles. The SMILES string of the molecule is CCCc1ccc(C2CCC(C(=O)OC3CCC4CC(COc5ccc(OCC)c(F)c5F)CCC4C3)CC2)cc1. The normalized spacial score (nSPS) is 28.0. The highest BCUT2D eigenvalue weighted by Crippen LogP contribution is 2.44. The molecule has 3 aliphatic carbocycles. The summed E-state index contributed by atoms with van der Waals surface area (Å²) in [6.07, 6.45) is 12.3. The van der Waals surface area contributed by atoms with Crippen molar-refractivity contribution in [3.8, 4) is 11.5 Å². The number of fused-ring (bicyclic) bond motifs is 1. The number of hydrogen-bond donors (Lipinski definition) is 0. The Labute approximate surface area is 244 Å². The minimum absolute atomic E-state index is 0.0110. The molecular weight excluding hydrogens is 522 g/mol. The van der Waals surface area contributed by atoms with Crippen LogP contribution in [0.25, 0.3) is 0 Å². The van der Waals surface area contributed by atoms with Crippen molar-refractivity contribution in [2.75, 3.05) is 13.2 Å². The Balaban J connectivity index is 1.03. The molecule has 3 saturated carbocycles. The number of carbonyl (C=O) groups is 1. The Kier molecular flexibility index (Phi) is 10.2. The van der Waals surface area contributed by atoms with Crippen molar-refractivity contribution in [3.05, 3.63) is 59.2 Å². The second kappa shape index (κ2) is 14.0. The molecule has 4 nitrogen and oxygen atoms in total. The molecule has 0 bridgehead atoms. The van der Waals surface area contributed by atoms with Gasteiger partial charge in [-0.1, -0.05) is 37.6 Å². The number of halogens is 2. The first kappa shape index (κ1) is 29.8. The molecule has 41 heavy (non-hydrogen) atoms. The molecular formula is C35H46F2O4. The standard InChI is InChI=1S/C35H46F2O4/c1-3-5-23-6-9-25(10-7-23)26-12-14-27(15-13-26)35(38)41-30-17-16-28-20-24(8-11-29(28)21-30)22-40-32-19-18-31(39-4-2)33(36)34(32)37/h6-7,9-10,18-19,24,26-30H,3-5,8,11-17,20-22H2,1-2H3. The van der Waals surface area contributed by atoms with E-state index in [1.54, 1.807) is 6.92 Å². The molecule has 2 aromatic rings. The van der Waals surface area contributed by atoms with E-state index in [1.807, 2.05) is 0 Å². The first-order valence-corrected chi connectivity index (χ1v) is 16.0. The number of benzene rings is 2. The van der Waals surface area contributed by atoms with E-state index in [9.17, 15) is 13.6 Å². The Morgan fingerprint density at radius 3 is 2.12 bits per heavy atom. The second-order valence-electron chi connectivity index (χ2n) is 12.5. The van der Waals surface area contributed by atoms with Gasteiger partial charge in [-0.05, 0) is 124 Å². The van der Waals surface area contributed by atoms with Crippen LogP contribution < -0.4 is 9.47 Å². The number of hydrogen-bond acceptors (Lipinski definition) is 4. The fourth-order valence-electron chi connectivity index (χ4n) is 7.47. The first-order valence-electron chi connectivity index (χ1n) is 16.0. The Bertz CT molecular complexity index is 1140. The second-order valence-corrected chi connectivity index (χ2v) is 12.5. The highest BCUT2D eigenvalue weighted by molar-refractivity contribution is 5.72. The lowest BCUT2D eigenvalue weighted by Crippen LogP contribution is -2.37. The van der Waals surface area contributed by atoms with E-state index < -0.39 is 11.6 Å². The molecule has 0 radical (unpaired) electrons. The van der Waals surface area contributed by atoms with Gasteiger partial charge in [0.25, 0.3) is 0 Å². The molecule has 2 aromatic carbocycles. The van der Waals surface area contributed by atoms with E-state index in [0.29, 0.717) is 30.3 Å². The average Bonchev–Trinajstić information content (AvgIpc) is 3.00. The number of ether oxygens (including phenoxy) is 3. The van der Waals surface area contributed by atoms with Crippen LogP contribution in [0.2, 0.25) is 0 Å². The van der Waals surface area contributed by atoms with Crippen LogP contribution in [0, 0.1) is 35.3 Å². The Morgan fingerprint density at radius 2 is 1.44 bits per heavy atom. The summed E-state index contributed by atoms with van der Waals surface area (Å²) >= 11 is 0. The molecule has 4 unspecified atom stereocenters. The molecule has 0 aliphatic heterocycles. The van der Waals surface area contributed by atoms with Crippen LogP contribution in [0.15, 0.2) is 36.4 Å². The van der Waals surface area contributed by atoms with E-state index in [-0.39, 0.29) is 36.1 Å². The van der Waals surface area contributed by atoms with Gasteiger partial charge in [-0.2, -0.15) is 8.78 Å². The van der Waals surface area contributed by atoms with Crippen molar-refractivity contribution < 1.29 is 27.8 Å². The minimum Gasteiger partial charge on any atom is -0.491 e. The first-order chi connectivity index (χ1) is 19.9. The summed E-state index contributed by atoms with van der Waals surface area (Å²) in [6.45, 7) is 4.60. The third kappa shape index (κ3) is 7.42. The molecule has 0 heterocycles. The van der Waals surface area contributed by atoms with Crippen LogP contribution >= 0.6 is 0 Å². The van der Waals surface area contributed by atoms with Gasteiger partial charge in [-0.3, -0.25) is 4.79 Å². The van der Waals surface area contributed by atoms with Gasteiger partial charge in [0.2, 0.25) is 11.6 Å². The molecule has 6 heteroatoms. The van der Waals surface area contributed by atoms with Gasteiger partial charge in [0.1, 0.15) is 6.10 Å². The lowest BCUT2D eigenvalue weighted by atomic mass is 9.67. The molecule has 5 rings (SSSR count). The Morgan fingerprint density at radius 1 is 0.780 bits per heavy atom. The largest absolute Gasteiger partial charge is 0.491 e. The fraction of sp³-hybridized carbons (Fsp3) is 0.629. The van der Waals surface area contributed by atoms with Crippen LogP contribution in [0.1, 0.15) is 102 Å². The van der Waals surface area contributed by atoms with E-state index in [2.05, 4.69) is 31.2 Å². The summed E-state index contributed by atoms with van der Waals surface area (Å²) in [6, 6.07) is 12.0. The molecule has 3 aliphatic rings. The molecule has 0 saturated heterocycles. The molecule has 0 N–H and O–H groups in total. The number of carbonyl (C=O) groups excluding carboxylic acids is 1. The molecule has 224 valence electrons.